The number of nitrogens with one attached hydrogen (secondary N) is 1. The number of aliphatic hydroxyl groups is 2. The SMILES string of the molecule is Cc1cc(C)c(O)c(C)c1.O[C@@H](CNC[C@H](O)c1ccccc1)c1ccccc1. The van der Waals surface area contributed by atoms with Crippen LogP contribution in [0.15, 0.2) is 72.8 Å². The monoisotopic (exact) mass is 393 g/mol. The average Bonchev–Trinajstić information content (AvgIpc) is 2.73. The van der Waals surface area contributed by atoms with Gasteiger partial charge in [-0.3, -0.25) is 0 Å². The van der Waals surface area contributed by atoms with Crippen molar-refractivity contribution < 1.29 is 15.3 Å². The molecule has 0 unspecified atom stereocenters. The van der Waals surface area contributed by atoms with E-state index in [1.54, 1.807) is 0 Å². The van der Waals surface area contributed by atoms with Gasteiger partial charge >= 0.3 is 0 Å². The fourth-order valence-electron chi connectivity index (χ4n) is 3.12. The van der Waals surface area contributed by atoms with E-state index in [1.807, 2.05) is 93.6 Å². The van der Waals surface area contributed by atoms with E-state index in [1.165, 1.54) is 5.56 Å². The number of aryl methyl sites for hydroxylation is 3. The van der Waals surface area contributed by atoms with E-state index >= 15 is 0 Å². The normalized spacial score (nSPS) is 12.6. The van der Waals surface area contributed by atoms with Gasteiger partial charge in [-0.2, -0.15) is 0 Å². The Labute approximate surface area is 173 Å². The molecule has 0 saturated carbocycles. The maximum atomic E-state index is 9.96. The Morgan fingerprint density at radius 2 is 1.07 bits per heavy atom. The number of phenolic OH excluding ortho intramolecular Hbond substituents is 1. The van der Waals surface area contributed by atoms with E-state index in [0.717, 1.165) is 22.3 Å². The second-order valence-electron chi connectivity index (χ2n) is 7.26. The number of hydrogen-bond acceptors (Lipinski definition) is 4. The molecule has 154 valence electrons. The topological polar surface area (TPSA) is 72.7 Å². The van der Waals surface area contributed by atoms with Crippen LogP contribution in [0.25, 0.3) is 0 Å². The first-order valence-corrected chi connectivity index (χ1v) is 9.82. The van der Waals surface area contributed by atoms with E-state index in [0.29, 0.717) is 18.8 Å². The van der Waals surface area contributed by atoms with Crippen molar-refractivity contribution in [3.63, 3.8) is 0 Å². The Balaban J connectivity index is 0.000000253. The highest BCUT2D eigenvalue weighted by Crippen LogP contribution is 2.22. The summed E-state index contributed by atoms with van der Waals surface area (Å²) in [7, 11) is 0. The third-order valence-corrected chi connectivity index (χ3v) is 4.68. The van der Waals surface area contributed by atoms with E-state index in [4.69, 9.17) is 0 Å². The van der Waals surface area contributed by atoms with Gasteiger partial charge in [0, 0.05) is 13.1 Å². The third kappa shape index (κ3) is 7.35. The fraction of sp³-hybridized carbons (Fsp3) is 0.280. The molecule has 4 heteroatoms. The molecule has 4 nitrogen and oxygen atoms in total. The Morgan fingerprint density at radius 3 is 1.45 bits per heavy atom. The number of hydrogen-bond donors (Lipinski definition) is 4. The lowest BCUT2D eigenvalue weighted by atomic mass is 10.1. The van der Waals surface area contributed by atoms with Crippen LogP contribution >= 0.6 is 0 Å². The zero-order valence-electron chi connectivity index (χ0n) is 17.3. The average molecular weight is 394 g/mol. The molecule has 0 saturated heterocycles. The minimum Gasteiger partial charge on any atom is -0.507 e. The van der Waals surface area contributed by atoms with Crippen LogP contribution < -0.4 is 5.32 Å². The summed E-state index contributed by atoms with van der Waals surface area (Å²) in [5, 5.41) is 32.3. The molecule has 3 aromatic rings. The van der Waals surface area contributed by atoms with Crippen molar-refractivity contribution in [2.75, 3.05) is 13.1 Å². The second-order valence-corrected chi connectivity index (χ2v) is 7.26. The van der Waals surface area contributed by atoms with Crippen molar-refractivity contribution in [2.24, 2.45) is 0 Å². The van der Waals surface area contributed by atoms with Gasteiger partial charge < -0.3 is 20.6 Å². The van der Waals surface area contributed by atoms with Crippen molar-refractivity contribution in [3.8, 4) is 5.75 Å². The fourth-order valence-corrected chi connectivity index (χ4v) is 3.12. The van der Waals surface area contributed by atoms with Gasteiger partial charge in [0.25, 0.3) is 0 Å². The van der Waals surface area contributed by atoms with Crippen LogP contribution in [0.4, 0.5) is 0 Å². The van der Waals surface area contributed by atoms with Gasteiger partial charge in [-0.15, -0.1) is 0 Å². The highest BCUT2D eigenvalue weighted by atomic mass is 16.3. The molecule has 3 aromatic carbocycles. The molecule has 0 fully saturated rings. The zero-order chi connectivity index (χ0) is 21.2. The van der Waals surface area contributed by atoms with Gasteiger partial charge in [-0.25, -0.2) is 0 Å². The van der Waals surface area contributed by atoms with Crippen LogP contribution in [-0.4, -0.2) is 28.4 Å². The molecule has 0 radical (unpaired) electrons. The molecule has 0 bridgehead atoms. The zero-order valence-corrected chi connectivity index (χ0v) is 17.3. The maximum Gasteiger partial charge on any atom is 0.121 e. The lowest BCUT2D eigenvalue weighted by molar-refractivity contribution is 0.147. The Morgan fingerprint density at radius 1 is 0.690 bits per heavy atom. The molecule has 0 aromatic heterocycles. The maximum absolute atomic E-state index is 9.96. The predicted molar refractivity (Wildman–Crippen MR) is 118 cm³/mol. The number of rotatable bonds is 6. The highest BCUT2D eigenvalue weighted by molar-refractivity contribution is 5.41. The van der Waals surface area contributed by atoms with E-state index in [2.05, 4.69) is 5.32 Å². The first-order valence-electron chi connectivity index (χ1n) is 9.82. The number of aliphatic hydroxyl groups excluding tert-OH is 2. The van der Waals surface area contributed by atoms with Gasteiger partial charge in [0.05, 0.1) is 12.2 Å². The molecule has 0 aliphatic rings. The van der Waals surface area contributed by atoms with Crippen LogP contribution in [0.2, 0.25) is 0 Å². The van der Waals surface area contributed by atoms with Crippen molar-refractivity contribution in [1.29, 1.82) is 0 Å². The van der Waals surface area contributed by atoms with Crippen molar-refractivity contribution in [1.82, 2.24) is 5.32 Å². The number of aromatic hydroxyl groups is 1. The quantitative estimate of drug-likeness (QED) is 0.502. The van der Waals surface area contributed by atoms with E-state index in [9.17, 15) is 15.3 Å². The van der Waals surface area contributed by atoms with Gasteiger partial charge in [-0.05, 0) is 43.0 Å². The largest absolute Gasteiger partial charge is 0.507 e. The van der Waals surface area contributed by atoms with Crippen LogP contribution in [0.5, 0.6) is 5.75 Å². The molecule has 0 aliphatic carbocycles. The molecule has 3 rings (SSSR count). The van der Waals surface area contributed by atoms with Crippen molar-refractivity contribution >= 4 is 0 Å². The molecule has 29 heavy (non-hydrogen) atoms. The van der Waals surface area contributed by atoms with Crippen LogP contribution in [0.1, 0.15) is 40.0 Å². The summed E-state index contributed by atoms with van der Waals surface area (Å²) in [6.07, 6.45) is -1.10. The Bertz CT molecular complexity index is 797. The van der Waals surface area contributed by atoms with Crippen LogP contribution in [0, 0.1) is 20.8 Å². The molecule has 0 spiro atoms. The smallest absolute Gasteiger partial charge is 0.121 e. The van der Waals surface area contributed by atoms with Gasteiger partial charge in [0.15, 0.2) is 0 Å². The molecular formula is C25H31NO3. The van der Waals surface area contributed by atoms with Crippen molar-refractivity contribution in [3.05, 3.63) is 101 Å². The summed E-state index contributed by atoms with van der Waals surface area (Å²) >= 11 is 0. The molecule has 0 heterocycles. The lowest BCUT2D eigenvalue weighted by Gasteiger charge is -2.15. The van der Waals surface area contributed by atoms with Gasteiger partial charge in [-0.1, -0.05) is 78.4 Å². The first kappa shape index (κ1) is 22.6. The summed E-state index contributed by atoms with van der Waals surface area (Å²) < 4.78 is 0. The molecule has 4 N–H and O–H groups in total. The first-order chi connectivity index (χ1) is 13.9. The molecule has 0 aliphatic heterocycles. The summed E-state index contributed by atoms with van der Waals surface area (Å²) in [5.74, 6) is 0.422. The minimum absolute atomic E-state index is 0.422. The van der Waals surface area contributed by atoms with Crippen LogP contribution in [0.3, 0.4) is 0 Å². The standard InChI is InChI=1S/C16H19NO2.C9H12O/c18-15(13-7-3-1-4-8-13)11-17-12-16(19)14-9-5-2-6-10-14;1-6-4-7(2)9(10)8(3)5-6/h1-10,15-19H,11-12H2;4-5,10H,1-3H3/t15-,16-;/m0./s1. The third-order valence-electron chi connectivity index (χ3n) is 4.68. The Kier molecular flexibility index (Phi) is 8.87. The van der Waals surface area contributed by atoms with Gasteiger partial charge in [0.1, 0.15) is 5.75 Å². The van der Waals surface area contributed by atoms with E-state index < -0.39 is 12.2 Å². The van der Waals surface area contributed by atoms with Crippen molar-refractivity contribution in [2.45, 2.75) is 33.0 Å². The molecular weight excluding hydrogens is 362 g/mol. The summed E-state index contributed by atoms with van der Waals surface area (Å²) in [6.45, 7) is 6.70. The summed E-state index contributed by atoms with van der Waals surface area (Å²) in [6, 6.07) is 22.9. The van der Waals surface area contributed by atoms with Gasteiger partial charge in [0.2, 0.25) is 0 Å². The summed E-state index contributed by atoms with van der Waals surface area (Å²) in [4.78, 5) is 0. The molecule has 0 amide bonds. The van der Waals surface area contributed by atoms with Crippen LogP contribution in [-0.2, 0) is 0 Å². The highest BCUT2D eigenvalue weighted by Gasteiger charge is 2.09. The summed E-state index contributed by atoms with van der Waals surface area (Å²) in [5.41, 5.74) is 4.87. The number of benzene rings is 3. The second kappa shape index (κ2) is 11.4. The number of phenols is 1. The molecule has 2 atom stereocenters. The Hall–Kier alpha value is -2.66. The lowest BCUT2D eigenvalue weighted by Crippen LogP contribution is -2.26. The van der Waals surface area contributed by atoms with E-state index in [-0.39, 0.29) is 0 Å². The minimum atomic E-state index is -0.552. The predicted octanol–water partition coefficient (Wildman–Crippen LogP) is 4.36.